The van der Waals surface area contributed by atoms with Crippen LogP contribution in [0.25, 0.3) is 0 Å². The summed E-state index contributed by atoms with van der Waals surface area (Å²) in [7, 11) is 0. The molecule has 0 fully saturated rings. The van der Waals surface area contributed by atoms with Crippen molar-refractivity contribution < 1.29 is 18.0 Å². The standard InChI is InChI=1S/C14H11F3N2O/c1-7-4-8(2-3-12(7)18)14(20)19-13-10(16)5-9(15)6-11(13)17/h2-6H,18H2,1H3,(H,19,20). The molecule has 0 saturated carbocycles. The molecule has 1 amide bonds. The largest absolute Gasteiger partial charge is 0.399 e. The van der Waals surface area contributed by atoms with Crippen molar-refractivity contribution in [3.8, 4) is 0 Å². The van der Waals surface area contributed by atoms with E-state index in [1.165, 1.54) is 18.2 Å². The van der Waals surface area contributed by atoms with Crippen LogP contribution in [0, 0.1) is 24.4 Å². The van der Waals surface area contributed by atoms with Crippen LogP contribution in [0.15, 0.2) is 30.3 Å². The minimum atomic E-state index is -1.18. The first-order chi connectivity index (χ1) is 9.38. The Labute approximate surface area is 113 Å². The maximum Gasteiger partial charge on any atom is 0.255 e. The van der Waals surface area contributed by atoms with Crippen molar-refractivity contribution in [2.24, 2.45) is 0 Å². The second-order valence-corrected chi connectivity index (χ2v) is 4.27. The summed E-state index contributed by atoms with van der Waals surface area (Å²) in [5.74, 6) is -4.12. The first-order valence-electron chi connectivity index (χ1n) is 5.70. The van der Waals surface area contributed by atoms with Gasteiger partial charge in [0.2, 0.25) is 0 Å². The molecule has 0 aliphatic rings. The molecule has 2 aromatic carbocycles. The second-order valence-electron chi connectivity index (χ2n) is 4.27. The molecule has 0 radical (unpaired) electrons. The van der Waals surface area contributed by atoms with E-state index < -0.39 is 29.0 Å². The van der Waals surface area contributed by atoms with Gasteiger partial charge < -0.3 is 11.1 Å². The fourth-order valence-corrected chi connectivity index (χ4v) is 1.66. The molecule has 0 unspecified atom stereocenters. The summed E-state index contributed by atoms with van der Waals surface area (Å²) in [6, 6.07) is 5.42. The normalized spacial score (nSPS) is 10.4. The van der Waals surface area contributed by atoms with Gasteiger partial charge in [-0.3, -0.25) is 4.79 Å². The number of amides is 1. The molecular weight excluding hydrogens is 269 g/mol. The van der Waals surface area contributed by atoms with Crippen molar-refractivity contribution in [1.29, 1.82) is 0 Å². The highest BCUT2D eigenvalue weighted by Gasteiger charge is 2.15. The van der Waals surface area contributed by atoms with Crippen molar-refractivity contribution in [2.45, 2.75) is 6.92 Å². The summed E-state index contributed by atoms with van der Waals surface area (Å²) in [6.45, 7) is 1.70. The number of nitrogens with one attached hydrogen (secondary N) is 1. The van der Waals surface area contributed by atoms with Gasteiger partial charge >= 0.3 is 0 Å². The van der Waals surface area contributed by atoms with E-state index >= 15 is 0 Å². The number of hydrogen-bond acceptors (Lipinski definition) is 2. The Bertz CT molecular complexity index is 663. The fraction of sp³-hybridized carbons (Fsp3) is 0.0714. The molecule has 0 heterocycles. The van der Waals surface area contributed by atoms with Crippen LogP contribution in [0.3, 0.4) is 0 Å². The summed E-state index contributed by atoms with van der Waals surface area (Å²) < 4.78 is 39.6. The molecule has 0 spiro atoms. The average molecular weight is 280 g/mol. The fourth-order valence-electron chi connectivity index (χ4n) is 1.66. The number of rotatable bonds is 2. The summed E-state index contributed by atoms with van der Waals surface area (Å²) in [5.41, 5.74) is 6.28. The lowest BCUT2D eigenvalue weighted by Crippen LogP contribution is -2.15. The van der Waals surface area contributed by atoms with Crippen LogP contribution < -0.4 is 11.1 Å². The molecule has 20 heavy (non-hydrogen) atoms. The van der Waals surface area contributed by atoms with Crippen molar-refractivity contribution in [3.05, 3.63) is 58.9 Å². The van der Waals surface area contributed by atoms with Gasteiger partial charge in [0.15, 0.2) is 11.6 Å². The maximum atomic E-state index is 13.4. The first-order valence-corrected chi connectivity index (χ1v) is 5.70. The molecule has 0 saturated heterocycles. The number of carbonyl (C=O) groups is 1. The Morgan fingerprint density at radius 1 is 1.10 bits per heavy atom. The van der Waals surface area contributed by atoms with Crippen LogP contribution in [-0.4, -0.2) is 5.91 Å². The zero-order valence-corrected chi connectivity index (χ0v) is 10.5. The van der Waals surface area contributed by atoms with Gasteiger partial charge in [-0.25, -0.2) is 13.2 Å². The van der Waals surface area contributed by atoms with Crippen LogP contribution in [0.2, 0.25) is 0 Å². The number of aryl methyl sites for hydroxylation is 1. The SMILES string of the molecule is Cc1cc(C(=O)Nc2c(F)cc(F)cc2F)ccc1N. The summed E-state index contributed by atoms with van der Waals surface area (Å²) in [5, 5.41) is 2.07. The van der Waals surface area contributed by atoms with Gasteiger partial charge in [-0.2, -0.15) is 0 Å². The Morgan fingerprint density at radius 2 is 1.70 bits per heavy atom. The van der Waals surface area contributed by atoms with E-state index in [1.807, 2.05) is 0 Å². The average Bonchev–Trinajstić information content (AvgIpc) is 2.36. The minimum Gasteiger partial charge on any atom is -0.399 e. The molecule has 0 aromatic heterocycles. The molecule has 0 aliphatic heterocycles. The summed E-state index contributed by atoms with van der Waals surface area (Å²) in [6.07, 6.45) is 0. The van der Waals surface area contributed by atoms with Crippen LogP contribution in [0.4, 0.5) is 24.5 Å². The molecule has 0 aliphatic carbocycles. The van der Waals surface area contributed by atoms with E-state index in [4.69, 9.17) is 5.73 Å². The van der Waals surface area contributed by atoms with Crippen molar-refractivity contribution in [2.75, 3.05) is 11.1 Å². The van der Waals surface area contributed by atoms with E-state index in [0.29, 0.717) is 23.4 Å². The van der Waals surface area contributed by atoms with E-state index in [-0.39, 0.29) is 5.56 Å². The van der Waals surface area contributed by atoms with Crippen LogP contribution in [0.1, 0.15) is 15.9 Å². The third-order valence-electron chi connectivity index (χ3n) is 2.78. The molecular formula is C14H11F3N2O. The molecule has 3 nitrogen and oxygen atoms in total. The minimum absolute atomic E-state index is 0.194. The Morgan fingerprint density at radius 3 is 2.25 bits per heavy atom. The van der Waals surface area contributed by atoms with Crippen molar-refractivity contribution >= 4 is 17.3 Å². The number of nitrogens with two attached hydrogens (primary N) is 1. The Balaban J connectivity index is 2.30. The first kappa shape index (κ1) is 13.9. The predicted octanol–water partition coefficient (Wildman–Crippen LogP) is 3.25. The molecule has 2 rings (SSSR count). The summed E-state index contributed by atoms with van der Waals surface area (Å²) >= 11 is 0. The number of nitrogen functional groups attached to an aromatic ring is 1. The van der Waals surface area contributed by atoms with E-state index in [2.05, 4.69) is 5.32 Å². The summed E-state index contributed by atoms with van der Waals surface area (Å²) in [4.78, 5) is 11.9. The lowest BCUT2D eigenvalue weighted by Gasteiger charge is -2.09. The zero-order valence-electron chi connectivity index (χ0n) is 10.5. The lowest BCUT2D eigenvalue weighted by molar-refractivity contribution is 0.102. The van der Waals surface area contributed by atoms with Crippen molar-refractivity contribution in [3.63, 3.8) is 0 Å². The highest BCUT2D eigenvalue weighted by atomic mass is 19.1. The smallest absolute Gasteiger partial charge is 0.255 e. The Hall–Kier alpha value is -2.50. The van der Waals surface area contributed by atoms with Gasteiger partial charge in [0, 0.05) is 23.4 Å². The second kappa shape index (κ2) is 5.24. The topological polar surface area (TPSA) is 55.1 Å². The highest BCUT2D eigenvalue weighted by molar-refractivity contribution is 6.04. The molecule has 6 heteroatoms. The van der Waals surface area contributed by atoms with Gasteiger partial charge in [-0.05, 0) is 30.7 Å². The van der Waals surface area contributed by atoms with E-state index in [1.54, 1.807) is 6.92 Å². The van der Waals surface area contributed by atoms with Gasteiger partial charge in [0.1, 0.15) is 11.5 Å². The third-order valence-corrected chi connectivity index (χ3v) is 2.78. The predicted molar refractivity (Wildman–Crippen MR) is 69.9 cm³/mol. The van der Waals surface area contributed by atoms with Crippen LogP contribution in [-0.2, 0) is 0 Å². The third kappa shape index (κ3) is 2.74. The number of hydrogen-bond donors (Lipinski definition) is 2. The maximum absolute atomic E-state index is 13.4. The zero-order chi connectivity index (χ0) is 14.9. The molecule has 3 N–H and O–H groups in total. The van der Waals surface area contributed by atoms with Gasteiger partial charge in [-0.1, -0.05) is 0 Å². The van der Waals surface area contributed by atoms with Crippen molar-refractivity contribution in [1.82, 2.24) is 0 Å². The number of benzene rings is 2. The molecule has 104 valence electrons. The number of carbonyl (C=O) groups excluding carboxylic acids is 1. The molecule has 2 aromatic rings. The molecule has 0 bridgehead atoms. The lowest BCUT2D eigenvalue weighted by atomic mass is 10.1. The van der Waals surface area contributed by atoms with Crippen LogP contribution in [0.5, 0.6) is 0 Å². The van der Waals surface area contributed by atoms with Gasteiger partial charge in [0.25, 0.3) is 5.91 Å². The van der Waals surface area contributed by atoms with Crippen LogP contribution >= 0.6 is 0 Å². The van der Waals surface area contributed by atoms with E-state index in [0.717, 1.165) is 0 Å². The quantitative estimate of drug-likeness (QED) is 0.830. The number of halogens is 3. The van der Waals surface area contributed by atoms with Gasteiger partial charge in [0.05, 0.1) is 0 Å². The van der Waals surface area contributed by atoms with E-state index in [9.17, 15) is 18.0 Å². The number of anilines is 2. The Kier molecular flexibility index (Phi) is 3.65. The van der Waals surface area contributed by atoms with Gasteiger partial charge in [-0.15, -0.1) is 0 Å². The molecule has 0 atom stereocenters. The highest BCUT2D eigenvalue weighted by Crippen LogP contribution is 2.21. The monoisotopic (exact) mass is 280 g/mol.